The van der Waals surface area contributed by atoms with Crippen LogP contribution >= 0.6 is 0 Å². The van der Waals surface area contributed by atoms with Crippen LogP contribution in [-0.4, -0.2) is 23.2 Å². The summed E-state index contributed by atoms with van der Waals surface area (Å²) in [5.41, 5.74) is 0.410. The van der Waals surface area contributed by atoms with Gasteiger partial charge in [-0.15, -0.1) is 0 Å². The molecular formula is C13H19NO2. The highest BCUT2D eigenvalue weighted by Crippen LogP contribution is 2.09. The monoisotopic (exact) mass is 221 g/mol. The Morgan fingerprint density at radius 1 is 1.38 bits per heavy atom. The second-order valence-corrected chi connectivity index (χ2v) is 4.15. The van der Waals surface area contributed by atoms with Crippen LogP contribution in [0.2, 0.25) is 0 Å². The highest BCUT2D eigenvalue weighted by atomic mass is 16.4. The molecule has 0 aliphatic rings. The normalized spacial score (nSPS) is 14.4. The fraction of sp³-hybridized carbons (Fsp3) is 0.462. The molecular weight excluding hydrogens is 202 g/mol. The molecule has 1 aromatic carbocycles. The zero-order valence-corrected chi connectivity index (χ0v) is 9.86. The van der Waals surface area contributed by atoms with E-state index in [0.29, 0.717) is 13.0 Å². The van der Waals surface area contributed by atoms with Gasteiger partial charge in [-0.25, -0.2) is 0 Å². The minimum absolute atomic E-state index is 0.580. The number of hydrogen-bond acceptors (Lipinski definition) is 2. The lowest BCUT2D eigenvalue weighted by molar-refractivity contribution is -0.144. The molecule has 3 heteroatoms. The van der Waals surface area contributed by atoms with Gasteiger partial charge in [0.25, 0.3) is 0 Å². The lowest BCUT2D eigenvalue weighted by Crippen LogP contribution is -2.49. The number of nitrogens with one attached hydrogen (secondary N) is 1. The first-order valence-electron chi connectivity index (χ1n) is 5.61. The van der Waals surface area contributed by atoms with Crippen molar-refractivity contribution < 1.29 is 9.90 Å². The van der Waals surface area contributed by atoms with Crippen LogP contribution in [0.25, 0.3) is 0 Å². The molecule has 0 heterocycles. The molecule has 0 fully saturated rings. The van der Waals surface area contributed by atoms with Gasteiger partial charge >= 0.3 is 5.97 Å². The zero-order chi connectivity index (χ0) is 12.0. The molecule has 0 radical (unpaired) electrons. The first-order valence-corrected chi connectivity index (χ1v) is 5.61. The maximum Gasteiger partial charge on any atom is 0.323 e. The quantitative estimate of drug-likeness (QED) is 0.773. The number of carbonyl (C=O) groups is 1. The van der Waals surface area contributed by atoms with Gasteiger partial charge in [-0.05, 0) is 25.3 Å². The molecule has 16 heavy (non-hydrogen) atoms. The van der Waals surface area contributed by atoms with E-state index >= 15 is 0 Å². The van der Waals surface area contributed by atoms with E-state index in [0.717, 1.165) is 6.42 Å². The summed E-state index contributed by atoms with van der Waals surface area (Å²) in [7, 11) is 0. The molecule has 0 saturated heterocycles. The Morgan fingerprint density at radius 2 is 2.00 bits per heavy atom. The summed E-state index contributed by atoms with van der Waals surface area (Å²) in [5, 5.41) is 12.2. The van der Waals surface area contributed by atoms with Crippen molar-refractivity contribution >= 4 is 5.97 Å². The van der Waals surface area contributed by atoms with Gasteiger partial charge < -0.3 is 10.4 Å². The molecule has 0 aliphatic heterocycles. The minimum Gasteiger partial charge on any atom is -0.480 e. The molecule has 2 N–H and O–H groups in total. The first kappa shape index (κ1) is 12.7. The highest BCUT2D eigenvalue weighted by Gasteiger charge is 2.29. The molecule has 1 unspecified atom stereocenters. The van der Waals surface area contributed by atoms with Gasteiger partial charge in [-0.1, -0.05) is 37.3 Å². The van der Waals surface area contributed by atoms with Crippen LogP contribution in [0.3, 0.4) is 0 Å². The third kappa shape index (κ3) is 3.35. The molecule has 1 atom stereocenters. The van der Waals surface area contributed by atoms with Crippen LogP contribution in [0, 0.1) is 0 Å². The third-order valence-corrected chi connectivity index (χ3v) is 2.95. The topological polar surface area (TPSA) is 49.3 Å². The fourth-order valence-corrected chi connectivity index (χ4v) is 1.48. The number of aliphatic carboxylic acids is 1. The van der Waals surface area contributed by atoms with Gasteiger partial charge in [0, 0.05) is 6.54 Å². The maximum atomic E-state index is 11.0. The van der Waals surface area contributed by atoms with Crippen LogP contribution in [0.4, 0.5) is 0 Å². The van der Waals surface area contributed by atoms with Crippen LogP contribution < -0.4 is 5.32 Å². The molecule has 88 valence electrons. The standard InChI is InChI=1S/C13H19NO2/c1-3-13(2,12(15)16)14-10-9-11-7-5-4-6-8-11/h4-8,14H,3,9-10H2,1-2H3,(H,15,16). The predicted molar refractivity (Wildman–Crippen MR) is 64.5 cm³/mol. The van der Waals surface area contributed by atoms with Gasteiger partial charge in [0.2, 0.25) is 0 Å². The number of rotatable bonds is 6. The van der Waals surface area contributed by atoms with E-state index in [1.54, 1.807) is 6.92 Å². The van der Waals surface area contributed by atoms with E-state index < -0.39 is 11.5 Å². The molecule has 1 aromatic rings. The number of carboxylic acid groups (broad SMARTS) is 1. The molecule has 0 saturated carbocycles. The van der Waals surface area contributed by atoms with Gasteiger partial charge in [-0.2, -0.15) is 0 Å². The summed E-state index contributed by atoms with van der Waals surface area (Å²) in [6.07, 6.45) is 1.43. The molecule has 3 nitrogen and oxygen atoms in total. The number of benzene rings is 1. The van der Waals surface area contributed by atoms with E-state index in [9.17, 15) is 4.79 Å². The lowest BCUT2D eigenvalue weighted by Gasteiger charge is -2.24. The van der Waals surface area contributed by atoms with Crippen molar-refractivity contribution in [2.24, 2.45) is 0 Å². The Hall–Kier alpha value is -1.35. The zero-order valence-electron chi connectivity index (χ0n) is 9.86. The fourth-order valence-electron chi connectivity index (χ4n) is 1.48. The summed E-state index contributed by atoms with van der Waals surface area (Å²) in [4.78, 5) is 11.0. The van der Waals surface area contributed by atoms with Crippen LogP contribution in [0.1, 0.15) is 25.8 Å². The van der Waals surface area contributed by atoms with Gasteiger partial charge in [0.15, 0.2) is 0 Å². The second-order valence-electron chi connectivity index (χ2n) is 4.15. The Kier molecular flexibility index (Phi) is 4.50. The summed E-state index contributed by atoms with van der Waals surface area (Å²) >= 11 is 0. The van der Waals surface area contributed by atoms with E-state index in [-0.39, 0.29) is 0 Å². The van der Waals surface area contributed by atoms with Crippen molar-refractivity contribution in [3.05, 3.63) is 35.9 Å². The molecule has 1 rings (SSSR count). The van der Waals surface area contributed by atoms with Crippen molar-refractivity contribution in [2.45, 2.75) is 32.2 Å². The Balaban J connectivity index is 2.43. The van der Waals surface area contributed by atoms with E-state index in [1.807, 2.05) is 37.3 Å². The number of carboxylic acids is 1. The third-order valence-electron chi connectivity index (χ3n) is 2.95. The van der Waals surface area contributed by atoms with E-state index in [1.165, 1.54) is 5.56 Å². The smallest absolute Gasteiger partial charge is 0.323 e. The second kappa shape index (κ2) is 5.66. The first-order chi connectivity index (χ1) is 7.58. The number of hydrogen-bond donors (Lipinski definition) is 2. The Labute approximate surface area is 96.5 Å². The minimum atomic E-state index is -0.811. The Morgan fingerprint density at radius 3 is 2.50 bits per heavy atom. The summed E-state index contributed by atoms with van der Waals surface area (Å²) in [5.74, 6) is -0.789. The summed E-state index contributed by atoms with van der Waals surface area (Å²) in [6, 6.07) is 10.1. The highest BCUT2D eigenvalue weighted by molar-refractivity contribution is 5.78. The SMILES string of the molecule is CCC(C)(NCCc1ccccc1)C(=O)O. The van der Waals surface area contributed by atoms with Crippen molar-refractivity contribution in [1.29, 1.82) is 0 Å². The van der Waals surface area contributed by atoms with E-state index in [2.05, 4.69) is 5.32 Å². The Bertz CT molecular complexity index is 337. The van der Waals surface area contributed by atoms with Crippen LogP contribution in [0.15, 0.2) is 30.3 Å². The van der Waals surface area contributed by atoms with Gasteiger partial charge in [0.1, 0.15) is 5.54 Å². The van der Waals surface area contributed by atoms with Gasteiger partial charge in [-0.3, -0.25) is 4.79 Å². The average molecular weight is 221 g/mol. The average Bonchev–Trinajstić information content (AvgIpc) is 2.30. The van der Waals surface area contributed by atoms with Crippen molar-refractivity contribution in [3.8, 4) is 0 Å². The van der Waals surface area contributed by atoms with Crippen LogP contribution in [0.5, 0.6) is 0 Å². The van der Waals surface area contributed by atoms with Crippen molar-refractivity contribution in [1.82, 2.24) is 5.32 Å². The van der Waals surface area contributed by atoms with E-state index in [4.69, 9.17) is 5.11 Å². The van der Waals surface area contributed by atoms with Crippen molar-refractivity contribution in [3.63, 3.8) is 0 Å². The molecule has 0 bridgehead atoms. The molecule has 0 aromatic heterocycles. The predicted octanol–water partition coefficient (Wildman–Crippen LogP) is 2.07. The molecule has 0 aliphatic carbocycles. The summed E-state index contributed by atoms with van der Waals surface area (Å²) < 4.78 is 0. The molecule has 0 amide bonds. The lowest BCUT2D eigenvalue weighted by atomic mass is 9.99. The van der Waals surface area contributed by atoms with Crippen molar-refractivity contribution in [2.75, 3.05) is 6.54 Å². The summed E-state index contributed by atoms with van der Waals surface area (Å²) in [6.45, 7) is 4.28. The van der Waals surface area contributed by atoms with Crippen LogP contribution in [-0.2, 0) is 11.2 Å². The van der Waals surface area contributed by atoms with Gasteiger partial charge in [0.05, 0.1) is 0 Å². The maximum absolute atomic E-state index is 11.0. The largest absolute Gasteiger partial charge is 0.480 e. The molecule has 0 spiro atoms.